The van der Waals surface area contributed by atoms with Gasteiger partial charge in [0.15, 0.2) is 11.6 Å². The summed E-state index contributed by atoms with van der Waals surface area (Å²) in [6.07, 6.45) is 5.40. The van der Waals surface area contributed by atoms with E-state index in [1.807, 2.05) is 6.20 Å². The number of methoxy groups -OCH3 is 1. The first-order valence-corrected chi connectivity index (χ1v) is 9.58. The largest absolute Gasteiger partial charge is 0.494 e. The van der Waals surface area contributed by atoms with E-state index in [0.717, 1.165) is 25.2 Å². The lowest BCUT2D eigenvalue weighted by Crippen LogP contribution is -2.35. The van der Waals surface area contributed by atoms with E-state index in [1.165, 1.54) is 30.5 Å². The molecule has 0 unspecified atom stereocenters. The molecule has 6 nitrogen and oxygen atoms in total. The maximum absolute atomic E-state index is 14.2. The Balaban J connectivity index is 1.80. The highest BCUT2D eigenvalue weighted by molar-refractivity contribution is 7.89. The van der Waals surface area contributed by atoms with E-state index in [2.05, 4.69) is 9.55 Å². The number of halogens is 1. The molecule has 0 bridgehead atoms. The number of hydrogen-bond acceptors (Lipinski definition) is 4. The first-order valence-electron chi connectivity index (χ1n) is 8.14. The van der Waals surface area contributed by atoms with Gasteiger partial charge in [-0.2, -0.15) is 0 Å². The van der Waals surface area contributed by atoms with Crippen LogP contribution in [0.1, 0.15) is 17.8 Å². The molecule has 0 fully saturated rings. The minimum absolute atomic E-state index is 0.0209. The van der Waals surface area contributed by atoms with Crippen LogP contribution in [0, 0.1) is 18.7 Å². The fourth-order valence-electron chi connectivity index (χ4n) is 3.30. The van der Waals surface area contributed by atoms with Gasteiger partial charge >= 0.3 is 0 Å². The van der Waals surface area contributed by atoms with Gasteiger partial charge in [-0.25, -0.2) is 22.1 Å². The number of aryl methyl sites for hydroxylation is 1. The first kappa shape index (κ1) is 17.9. The van der Waals surface area contributed by atoms with Crippen molar-refractivity contribution in [1.29, 1.82) is 0 Å². The molecule has 136 valence electrons. The molecule has 0 radical (unpaired) electrons. The molecule has 0 N–H and O–H groups in total. The molecule has 1 aliphatic heterocycles. The second-order valence-corrected chi connectivity index (χ2v) is 8.40. The smallest absolute Gasteiger partial charge is 0.243 e. The molecule has 0 spiro atoms. The van der Waals surface area contributed by atoms with E-state index in [9.17, 15) is 12.8 Å². The normalized spacial score (nSPS) is 17.6. The Morgan fingerprint density at radius 3 is 2.92 bits per heavy atom. The summed E-state index contributed by atoms with van der Waals surface area (Å²) in [7, 11) is -0.873. The lowest BCUT2D eigenvalue weighted by atomic mass is 10.00. The monoisotopic (exact) mass is 367 g/mol. The van der Waals surface area contributed by atoms with E-state index in [1.54, 1.807) is 13.2 Å². The molecule has 2 aromatic rings. The highest BCUT2D eigenvalue weighted by Crippen LogP contribution is 2.29. The number of sulfonamides is 1. The van der Waals surface area contributed by atoms with Crippen LogP contribution < -0.4 is 4.74 Å². The van der Waals surface area contributed by atoms with Crippen LogP contribution in [0.2, 0.25) is 0 Å². The van der Waals surface area contributed by atoms with Gasteiger partial charge in [-0.05, 0) is 31.4 Å². The van der Waals surface area contributed by atoms with E-state index in [0.29, 0.717) is 6.54 Å². The zero-order chi connectivity index (χ0) is 18.2. The number of aromatic nitrogens is 2. The summed E-state index contributed by atoms with van der Waals surface area (Å²) in [5.74, 6) is 0.636. The van der Waals surface area contributed by atoms with Gasteiger partial charge in [-0.15, -0.1) is 0 Å². The van der Waals surface area contributed by atoms with E-state index < -0.39 is 15.8 Å². The van der Waals surface area contributed by atoms with Gasteiger partial charge in [0.1, 0.15) is 5.82 Å². The van der Waals surface area contributed by atoms with Gasteiger partial charge in [-0.3, -0.25) is 0 Å². The summed E-state index contributed by atoms with van der Waals surface area (Å²) in [6.45, 7) is 2.58. The van der Waals surface area contributed by atoms with Crippen LogP contribution in [0.25, 0.3) is 0 Å². The maximum Gasteiger partial charge on any atom is 0.243 e. The fraction of sp³-hybridized carbons (Fsp3) is 0.471. The zero-order valence-corrected chi connectivity index (χ0v) is 15.4. The average Bonchev–Trinajstić information content (AvgIpc) is 3.04. The molecule has 1 aliphatic rings. The second kappa shape index (κ2) is 6.76. The van der Waals surface area contributed by atoms with Gasteiger partial charge in [-0.1, -0.05) is 0 Å². The summed E-state index contributed by atoms with van der Waals surface area (Å²) in [4.78, 5) is 4.26. The number of benzene rings is 1. The molecule has 8 heteroatoms. The van der Waals surface area contributed by atoms with Crippen LogP contribution >= 0.6 is 0 Å². The van der Waals surface area contributed by atoms with Crippen molar-refractivity contribution >= 4 is 10.0 Å². The number of nitrogens with zero attached hydrogens (tertiary/aromatic N) is 3. The van der Waals surface area contributed by atoms with Crippen molar-refractivity contribution in [2.45, 2.75) is 31.2 Å². The van der Waals surface area contributed by atoms with E-state index >= 15 is 0 Å². The summed E-state index contributed by atoms with van der Waals surface area (Å²) in [6, 6.07) is 2.75. The van der Waals surface area contributed by atoms with Gasteiger partial charge in [0.25, 0.3) is 0 Å². The summed E-state index contributed by atoms with van der Waals surface area (Å²) in [5.41, 5.74) is 0.0757. The van der Waals surface area contributed by atoms with Crippen molar-refractivity contribution < 1.29 is 17.5 Å². The van der Waals surface area contributed by atoms with Crippen LogP contribution in [0.4, 0.5) is 4.39 Å². The van der Waals surface area contributed by atoms with Crippen molar-refractivity contribution in [1.82, 2.24) is 13.9 Å². The van der Waals surface area contributed by atoms with Crippen molar-refractivity contribution in [2.24, 2.45) is 5.92 Å². The molecule has 0 saturated carbocycles. The quantitative estimate of drug-likeness (QED) is 0.813. The number of ether oxygens (including phenoxy) is 1. The van der Waals surface area contributed by atoms with Crippen LogP contribution in [0.3, 0.4) is 0 Å². The van der Waals surface area contributed by atoms with E-state index in [4.69, 9.17) is 4.74 Å². The third-order valence-corrected chi connectivity index (χ3v) is 6.73. The van der Waals surface area contributed by atoms with Crippen molar-refractivity contribution in [3.8, 4) is 5.75 Å². The summed E-state index contributed by atoms with van der Waals surface area (Å²) in [5, 5.41) is 0. The SMILES string of the molecule is COc1ccc(S(=O)(=O)N(C)C[C@@H]2CCc3nccn3C2)c(C)c1F. The predicted octanol–water partition coefficient (Wildman–Crippen LogP) is 2.22. The lowest BCUT2D eigenvalue weighted by Gasteiger charge is -2.28. The van der Waals surface area contributed by atoms with Gasteiger partial charge in [0.05, 0.1) is 12.0 Å². The Bertz CT molecular complexity index is 879. The molecular formula is C17H22FN3O3S. The molecule has 2 heterocycles. The number of fused-ring (bicyclic) bond motifs is 1. The molecule has 1 atom stereocenters. The third-order valence-electron chi connectivity index (χ3n) is 4.76. The summed E-state index contributed by atoms with van der Waals surface area (Å²) < 4.78 is 48.3. The Labute approximate surface area is 147 Å². The molecule has 25 heavy (non-hydrogen) atoms. The Morgan fingerprint density at radius 1 is 1.44 bits per heavy atom. The highest BCUT2D eigenvalue weighted by Gasteiger charge is 2.29. The van der Waals surface area contributed by atoms with Crippen LogP contribution in [0.15, 0.2) is 29.4 Å². The maximum atomic E-state index is 14.2. The summed E-state index contributed by atoms with van der Waals surface area (Å²) >= 11 is 0. The Morgan fingerprint density at radius 2 is 2.20 bits per heavy atom. The van der Waals surface area contributed by atoms with Crippen molar-refractivity contribution in [3.63, 3.8) is 0 Å². The molecule has 1 aromatic heterocycles. The lowest BCUT2D eigenvalue weighted by molar-refractivity contribution is 0.303. The fourth-order valence-corrected chi connectivity index (χ4v) is 4.75. The molecule has 0 amide bonds. The van der Waals surface area contributed by atoms with Crippen molar-refractivity contribution in [2.75, 3.05) is 20.7 Å². The van der Waals surface area contributed by atoms with Crippen LogP contribution in [0.5, 0.6) is 5.75 Å². The first-order chi connectivity index (χ1) is 11.8. The number of rotatable bonds is 5. The van der Waals surface area contributed by atoms with Gasteiger partial charge < -0.3 is 9.30 Å². The molecule has 0 aliphatic carbocycles. The minimum Gasteiger partial charge on any atom is -0.494 e. The second-order valence-electron chi connectivity index (χ2n) is 6.39. The number of imidazole rings is 1. The molecular weight excluding hydrogens is 345 g/mol. The Kier molecular flexibility index (Phi) is 4.83. The molecule has 0 saturated heterocycles. The highest BCUT2D eigenvalue weighted by atomic mass is 32.2. The van der Waals surface area contributed by atoms with Gasteiger partial charge in [0.2, 0.25) is 10.0 Å². The Hall–Kier alpha value is -1.93. The molecule has 3 rings (SSSR count). The number of hydrogen-bond donors (Lipinski definition) is 0. The minimum atomic E-state index is -3.77. The third kappa shape index (κ3) is 3.28. The average molecular weight is 367 g/mol. The van der Waals surface area contributed by atoms with Crippen LogP contribution in [-0.2, 0) is 23.0 Å². The molecule has 1 aromatic carbocycles. The van der Waals surface area contributed by atoms with Gasteiger partial charge in [0, 0.05) is 44.5 Å². The topological polar surface area (TPSA) is 64.4 Å². The zero-order valence-electron chi connectivity index (χ0n) is 14.6. The van der Waals surface area contributed by atoms with E-state index in [-0.39, 0.29) is 22.1 Å². The van der Waals surface area contributed by atoms with Crippen LogP contribution in [-0.4, -0.2) is 43.0 Å². The standard InChI is InChI=1S/C17H22FN3O3S/c1-12-15(6-5-14(24-3)17(12)18)25(22,23)20(2)10-13-4-7-16-19-8-9-21(16)11-13/h5-6,8-9,13H,4,7,10-11H2,1-3H3/t13-/m0/s1. The predicted molar refractivity (Wildman–Crippen MR) is 91.5 cm³/mol. The van der Waals surface area contributed by atoms with Crippen molar-refractivity contribution in [3.05, 3.63) is 41.7 Å².